The van der Waals surface area contributed by atoms with Gasteiger partial charge in [0.25, 0.3) is 11.5 Å². The van der Waals surface area contributed by atoms with Gasteiger partial charge in [-0.2, -0.15) is 0 Å². The van der Waals surface area contributed by atoms with E-state index in [-0.39, 0.29) is 17.2 Å². The summed E-state index contributed by atoms with van der Waals surface area (Å²) in [6, 6.07) is 21.0. The van der Waals surface area contributed by atoms with E-state index >= 15 is 0 Å². The first-order chi connectivity index (χ1) is 13.6. The second kappa shape index (κ2) is 7.25. The molecule has 0 bridgehead atoms. The van der Waals surface area contributed by atoms with Crippen LogP contribution >= 0.6 is 11.3 Å². The number of fused-ring (bicyclic) bond motifs is 1. The molecule has 0 radical (unpaired) electrons. The van der Waals surface area contributed by atoms with Gasteiger partial charge in [0.15, 0.2) is 5.78 Å². The van der Waals surface area contributed by atoms with Gasteiger partial charge in [0.1, 0.15) is 9.71 Å². The van der Waals surface area contributed by atoms with Crippen molar-refractivity contribution in [2.45, 2.75) is 0 Å². The first kappa shape index (κ1) is 17.9. The topological polar surface area (TPSA) is 68.2 Å². The van der Waals surface area contributed by atoms with E-state index in [1.165, 1.54) is 17.7 Å². The highest BCUT2D eigenvalue weighted by Crippen LogP contribution is 2.33. The normalized spacial score (nSPS) is 10.8. The number of hydrogen-bond donors (Lipinski definition) is 1. The van der Waals surface area contributed by atoms with Crippen LogP contribution in [0.1, 0.15) is 25.6 Å². The third kappa shape index (κ3) is 2.93. The minimum absolute atomic E-state index is 0.220. The van der Waals surface area contributed by atoms with E-state index in [4.69, 9.17) is 0 Å². The van der Waals surface area contributed by atoms with Crippen LogP contribution in [0.5, 0.6) is 0 Å². The van der Waals surface area contributed by atoms with E-state index in [1.54, 1.807) is 30.3 Å². The lowest BCUT2D eigenvalue weighted by Gasteiger charge is -2.07. The summed E-state index contributed by atoms with van der Waals surface area (Å²) in [6.45, 7) is 0. The molecule has 0 saturated carbocycles. The summed E-state index contributed by atoms with van der Waals surface area (Å²) in [5.41, 5.74) is 1.27. The molecule has 4 rings (SSSR count). The highest BCUT2D eigenvalue weighted by molar-refractivity contribution is 7.21. The largest absolute Gasteiger partial charge is 0.354 e. The molecule has 5 nitrogen and oxygen atoms in total. The molecule has 138 valence electrons. The fraction of sp³-hybridized carbons (Fsp3) is 0.0455. The summed E-state index contributed by atoms with van der Waals surface area (Å²) in [5, 5.41) is 3.18. The Morgan fingerprint density at radius 3 is 2.18 bits per heavy atom. The fourth-order valence-corrected chi connectivity index (χ4v) is 4.40. The predicted molar refractivity (Wildman–Crippen MR) is 111 cm³/mol. The van der Waals surface area contributed by atoms with E-state index in [0.29, 0.717) is 31.9 Å². The Balaban J connectivity index is 2.06. The highest BCUT2D eigenvalue weighted by Gasteiger charge is 2.26. The van der Waals surface area contributed by atoms with E-state index in [9.17, 15) is 14.4 Å². The van der Waals surface area contributed by atoms with Gasteiger partial charge in [-0.1, -0.05) is 48.5 Å². The van der Waals surface area contributed by atoms with Crippen molar-refractivity contribution in [3.8, 4) is 5.69 Å². The van der Waals surface area contributed by atoms with Gasteiger partial charge in [0.2, 0.25) is 0 Å². The molecule has 2 aromatic carbocycles. The van der Waals surface area contributed by atoms with Crippen LogP contribution in [0.2, 0.25) is 0 Å². The standard InChI is InChI=1S/C22H16N2O3S/c1-23-21(27)20-18(19(26)14-8-4-2-5-9-14)16-12-13-17(25)24(22(16)28-20)15-10-6-3-7-11-15/h2-13H,1H3,(H,23,27). The zero-order valence-electron chi connectivity index (χ0n) is 15.0. The van der Waals surface area contributed by atoms with Crippen LogP contribution < -0.4 is 10.9 Å². The Morgan fingerprint density at radius 1 is 0.893 bits per heavy atom. The highest BCUT2D eigenvalue weighted by atomic mass is 32.1. The Bertz CT molecular complexity index is 1240. The molecular weight excluding hydrogens is 372 g/mol. The second-order valence-electron chi connectivity index (χ2n) is 6.14. The summed E-state index contributed by atoms with van der Waals surface area (Å²) < 4.78 is 1.54. The van der Waals surface area contributed by atoms with Crippen molar-refractivity contribution >= 4 is 33.2 Å². The Morgan fingerprint density at radius 2 is 1.54 bits per heavy atom. The molecule has 28 heavy (non-hydrogen) atoms. The molecule has 2 heterocycles. The first-order valence-corrected chi connectivity index (χ1v) is 9.49. The molecule has 2 aromatic heterocycles. The second-order valence-corrected chi connectivity index (χ2v) is 7.14. The number of ketones is 1. The third-order valence-corrected chi connectivity index (χ3v) is 5.64. The van der Waals surface area contributed by atoms with Crippen molar-refractivity contribution in [3.63, 3.8) is 0 Å². The lowest BCUT2D eigenvalue weighted by atomic mass is 10.0. The van der Waals surface area contributed by atoms with Crippen LogP contribution in [0.3, 0.4) is 0 Å². The summed E-state index contributed by atoms with van der Waals surface area (Å²) in [6.07, 6.45) is 0. The molecule has 1 N–H and O–H groups in total. The number of benzene rings is 2. The molecular formula is C22H16N2O3S. The van der Waals surface area contributed by atoms with Gasteiger partial charge >= 0.3 is 0 Å². The maximum atomic E-state index is 13.2. The molecule has 0 aliphatic carbocycles. The van der Waals surface area contributed by atoms with Gasteiger partial charge < -0.3 is 5.32 Å². The van der Waals surface area contributed by atoms with Crippen molar-refractivity contribution in [2.75, 3.05) is 7.05 Å². The fourth-order valence-electron chi connectivity index (χ4n) is 3.14. The summed E-state index contributed by atoms with van der Waals surface area (Å²) in [4.78, 5) is 39.2. The molecule has 0 unspecified atom stereocenters. The molecule has 6 heteroatoms. The average Bonchev–Trinajstić information content (AvgIpc) is 3.13. The number of rotatable bonds is 4. The maximum absolute atomic E-state index is 13.2. The molecule has 4 aromatic rings. The van der Waals surface area contributed by atoms with Crippen molar-refractivity contribution in [1.82, 2.24) is 9.88 Å². The van der Waals surface area contributed by atoms with Crippen molar-refractivity contribution in [1.29, 1.82) is 0 Å². The average molecular weight is 388 g/mol. The number of nitrogens with one attached hydrogen (secondary N) is 1. The van der Waals surface area contributed by atoms with Crippen molar-refractivity contribution < 1.29 is 9.59 Å². The van der Waals surface area contributed by atoms with E-state index in [2.05, 4.69) is 5.32 Å². The maximum Gasteiger partial charge on any atom is 0.261 e. The number of thiophene rings is 1. The lowest BCUT2D eigenvalue weighted by Crippen LogP contribution is -2.19. The number of pyridine rings is 1. The molecule has 0 fully saturated rings. The van der Waals surface area contributed by atoms with Crippen LogP contribution in [-0.4, -0.2) is 23.3 Å². The van der Waals surface area contributed by atoms with Crippen LogP contribution in [0.4, 0.5) is 0 Å². The minimum Gasteiger partial charge on any atom is -0.354 e. The summed E-state index contributed by atoms with van der Waals surface area (Å²) in [7, 11) is 1.52. The number of hydrogen-bond acceptors (Lipinski definition) is 4. The number of carbonyl (C=O) groups excluding carboxylic acids is 2. The summed E-state index contributed by atoms with van der Waals surface area (Å²) in [5.74, 6) is -0.601. The monoisotopic (exact) mass is 388 g/mol. The number of nitrogens with zero attached hydrogens (tertiary/aromatic N) is 1. The SMILES string of the molecule is CNC(=O)c1sc2c(ccc(=O)n2-c2ccccc2)c1C(=O)c1ccccc1. The predicted octanol–water partition coefficient (Wildman–Crippen LogP) is 3.64. The molecule has 0 atom stereocenters. The van der Waals surface area contributed by atoms with E-state index in [1.807, 2.05) is 36.4 Å². The number of para-hydroxylation sites is 1. The zero-order valence-corrected chi connectivity index (χ0v) is 15.8. The Labute approximate surface area is 164 Å². The van der Waals surface area contributed by atoms with Gasteiger partial charge in [-0.3, -0.25) is 19.0 Å². The number of carbonyl (C=O) groups is 2. The van der Waals surface area contributed by atoms with Crippen LogP contribution in [-0.2, 0) is 0 Å². The minimum atomic E-state index is -0.354. The third-order valence-electron chi connectivity index (χ3n) is 4.45. The van der Waals surface area contributed by atoms with Crippen LogP contribution in [0, 0.1) is 0 Å². The lowest BCUT2D eigenvalue weighted by molar-refractivity contribution is 0.0955. The van der Waals surface area contributed by atoms with Gasteiger partial charge in [0, 0.05) is 24.1 Å². The molecule has 0 aliphatic heterocycles. The van der Waals surface area contributed by atoms with Crippen molar-refractivity contribution in [2.24, 2.45) is 0 Å². The van der Waals surface area contributed by atoms with E-state index < -0.39 is 0 Å². The van der Waals surface area contributed by atoms with Crippen LogP contribution in [0.15, 0.2) is 77.6 Å². The van der Waals surface area contributed by atoms with Gasteiger partial charge in [0.05, 0.1) is 11.3 Å². The van der Waals surface area contributed by atoms with Gasteiger partial charge in [-0.15, -0.1) is 11.3 Å². The number of amides is 1. The Kier molecular flexibility index (Phi) is 4.63. The smallest absolute Gasteiger partial charge is 0.261 e. The molecule has 0 spiro atoms. The van der Waals surface area contributed by atoms with Crippen LogP contribution in [0.25, 0.3) is 15.9 Å². The quantitative estimate of drug-likeness (QED) is 0.543. The van der Waals surface area contributed by atoms with E-state index in [0.717, 1.165) is 11.3 Å². The number of aromatic nitrogens is 1. The first-order valence-electron chi connectivity index (χ1n) is 8.67. The van der Waals surface area contributed by atoms with Gasteiger partial charge in [-0.25, -0.2) is 0 Å². The Hall–Kier alpha value is -3.51. The zero-order chi connectivity index (χ0) is 19.7. The summed E-state index contributed by atoms with van der Waals surface area (Å²) >= 11 is 1.15. The molecule has 0 saturated heterocycles. The van der Waals surface area contributed by atoms with Gasteiger partial charge in [-0.05, 0) is 18.2 Å². The molecule has 1 amide bonds. The van der Waals surface area contributed by atoms with Crippen molar-refractivity contribution in [3.05, 3.63) is 99.2 Å². The molecule has 0 aliphatic rings.